The fourth-order valence-electron chi connectivity index (χ4n) is 2.86. The number of nitrogens with two attached hydrogens (primary N) is 1. The Labute approximate surface area is 278 Å². The highest BCUT2D eigenvalue weighted by Crippen LogP contribution is 2.27. The van der Waals surface area contributed by atoms with Gasteiger partial charge in [0.05, 0.1) is 12.1 Å². The van der Waals surface area contributed by atoms with E-state index in [-0.39, 0.29) is 5.92 Å². The minimum atomic E-state index is 0.0369. The Balaban J connectivity index is 0. The summed E-state index contributed by atoms with van der Waals surface area (Å²) in [5, 5.41) is 2.94. The van der Waals surface area contributed by atoms with Gasteiger partial charge in [-0.15, -0.1) is 12.3 Å². The molecule has 1 atom stereocenters. The molecular weight excluding hydrogens is 608 g/mol. The van der Waals surface area contributed by atoms with Gasteiger partial charge in [0.1, 0.15) is 29.1 Å². The Bertz CT molecular complexity index is 1380. The van der Waals surface area contributed by atoms with Crippen LogP contribution in [0.2, 0.25) is 5.02 Å². The number of pyridine rings is 2. The van der Waals surface area contributed by atoms with Crippen molar-refractivity contribution in [3.05, 3.63) is 65.0 Å². The summed E-state index contributed by atoms with van der Waals surface area (Å²) in [6.07, 6.45) is 15.3. The topological polar surface area (TPSA) is 144 Å². The maximum atomic E-state index is 10.1. The van der Waals surface area contributed by atoms with Gasteiger partial charge in [0.25, 0.3) is 0 Å². The minimum absolute atomic E-state index is 0.0369. The van der Waals surface area contributed by atoms with Crippen LogP contribution in [0.1, 0.15) is 39.9 Å². The molecule has 0 aromatic carbocycles. The van der Waals surface area contributed by atoms with E-state index in [0.717, 1.165) is 32.2 Å². The number of anilines is 2. The highest BCUT2D eigenvalue weighted by Gasteiger charge is 2.09. The summed E-state index contributed by atoms with van der Waals surface area (Å²) >= 11 is 5.53. The molecule has 0 saturated carbocycles. The molecule has 0 radical (unpaired) electrons. The predicted molar refractivity (Wildman–Crippen MR) is 189 cm³/mol. The molecule has 0 aliphatic rings. The molecular formula is C34H49ClN6O5. The lowest BCUT2D eigenvalue weighted by Crippen LogP contribution is -2.22. The second-order valence-corrected chi connectivity index (χ2v) is 10.3. The number of furan rings is 1. The van der Waals surface area contributed by atoms with E-state index < -0.39 is 0 Å². The third kappa shape index (κ3) is 21.1. The van der Waals surface area contributed by atoms with Gasteiger partial charge in [-0.3, -0.25) is 9.59 Å². The summed E-state index contributed by atoms with van der Waals surface area (Å²) < 4.78 is 10.3. The number of hydrogen-bond donors (Lipinski definition) is 2. The first-order chi connectivity index (χ1) is 21.8. The van der Waals surface area contributed by atoms with Crippen LogP contribution >= 0.6 is 11.6 Å². The minimum Gasteiger partial charge on any atom is -0.481 e. The van der Waals surface area contributed by atoms with Crippen LogP contribution in [0.15, 0.2) is 58.7 Å². The summed E-state index contributed by atoms with van der Waals surface area (Å²) in [7, 11) is 7.42. The summed E-state index contributed by atoms with van der Waals surface area (Å²) in [4.78, 5) is 41.8. The van der Waals surface area contributed by atoms with E-state index in [1.807, 2.05) is 60.0 Å². The first-order valence-electron chi connectivity index (χ1n) is 14.3. The molecule has 46 heavy (non-hydrogen) atoms. The molecule has 252 valence electrons. The molecule has 0 aliphatic heterocycles. The first-order valence-corrected chi connectivity index (χ1v) is 14.7. The number of allylic oxidation sites excluding steroid dienone is 4. The number of nitrogens with zero attached hydrogens (tertiary/aromatic N) is 4. The third-order valence-electron chi connectivity index (χ3n) is 5.50. The van der Waals surface area contributed by atoms with Crippen molar-refractivity contribution in [1.82, 2.24) is 19.8 Å². The Kier molecular flexibility index (Phi) is 25.2. The van der Waals surface area contributed by atoms with E-state index in [1.165, 1.54) is 11.8 Å². The second-order valence-electron chi connectivity index (χ2n) is 9.81. The van der Waals surface area contributed by atoms with E-state index in [1.54, 1.807) is 50.2 Å². The van der Waals surface area contributed by atoms with Gasteiger partial charge in [-0.1, -0.05) is 42.3 Å². The molecule has 12 heteroatoms. The summed E-state index contributed by atoms with van der Waals surface area (Å²) in [6, 6.07) is 6.81. The van der Waals surface area contributed by atoms with Crippen LogP contribution in [0.4, 0.5) is 11.5 Å². The zero-order valence-corrected chi connectivity index (χ0v) is 29.2. The molecule has 0 bridgehead atoms. The van der Waals surface area contributed by atoms with Crippen LogP contribution in [-0.4, -0.2) is 80.2 Å². The number of aromatic nitrogens is 2. The average molecular weight is 657 g/mol. The molecule has 0 fully saturated rings. The lowest BCUT2D eigenvalue weighted by Gasteiger charge is -2.12. The largest absolute Gasteiger partial charge is 0.481 e. The van der Waals surface area contributed by atoms with Crippen LogP contribution in [0.5, 0.6) is 5.88 Å². The van der Waals surface area contributed by atoms with E-state index in [9.17, 15) is 14.4 Å². The van der Waals surface area contributed by atoms with Crippen molar-refractivity contribution in [1.29, 1.82) is 0 Å². The van der Waals surface area contributed by atoms with Crippen molar-refractivity contribution in [2.24, 2.45) is 5.92 Å². The van der Waals surface area contributed by atoms with E-state index in [2.05, 4.69) is 32.5 Å². The normalized spacial score (nSPS) is 10.7. The van der Waals surface area contributed by atoms with Gasteiger partial charge in [-0.2, -0.15) is 0 Å². The second kappa shape index (κ2) is 26.7. The third-order valence-corrected chi connectivity index (χ3v) is 5.73. The van der Waals surface area contributed by atoms with Gasteiger partial charge in [0.2, 0.25) is 18.7 Å². The number of ether oxygens (including phenoxy) is 1. The Hall–Kier alpha value is -4.66. The number of amides is 2. The number of nitrogen functional groups attached to an aromatic ring is 1. The van der Waals surface area contributed by atoms with Crippen molar-refractivity contribution >= 4 is 53.3 Å². The van der Waals surface area contributed by atoms with Crippen molar-refractivity contribution in [3.63, 3.8) is 0 Å². The molecule has 3 N–H and O–H groups in total. The van der Waals surface area contributed by atoms with E-state index >= 15 is 0 Å². The lowest BCUT2D eigenvalue weighted by molar-refractivity contribution is -0.117. The molecule has 3 heterocycles. The van der Waals surface area contributed by atoms with Gasteiger partial charge in [-0.05, 0) is 73.0 Å². The van der Waals surface area contributed by atoms with Crippen LogP contribution in [-0.2, 0) is 14.4 Å². The molecule has 0 saturated heterocycles. The molecule has 3 aromatic heterocycles. The Morgan fingerprint density at radius 2 is 1.85 bits per heavy atom. The monoisotopic (exact) mass is 656 g/mol. The number of aldehydes is 1. The Morgan fingerprint density at radius 3 is 2.33 bits per heavy atom. The van der Waals surface area contributed by atoms with Gasteiger partial charge >= 0.3 is 0 Å². The van der Waals surface area contributed by atoms with Crippen molar-refractivity contribution in [3.8, 4) is 18.2 Å². The number of methoxy groups -OCH3 is 1. The molecule has 3 rings (SSSR count). The lowest BCUT2D eigenvalue weighted by atomic mass is 10.1. The van der Waals surface area contributed by atoms with Crippen molar-refractivity contribution < 1.29 is 23.5 Å². The maximum Gasteiger partial charge on any atom is 0.213 e. The number of halogens is 1. The standard InChI is InChI=1S/C9H10N2O2.C9H14O.C7H16N2O.C6H5ClN2O.C3H4/c1-5-8(10)9-6(13-5)3-4-7(11-9)12-2;1-4-8(2)5-6-9(3)7-10;1-8(2)5-4-6-9(3)7-10;7-5-1-2-6(8-3-5)9-4-10;1-3-2/h3-4H,10H2,1-2H3;4-7,9H,1-3H3;7H,4-6H2,1-3H3;1-4H,(H,8,9,10);1H,2H3/b;6-5-,8-4-;;;. The number of fused-ring (bicyclic) bond motifs is 1. The predicted octanol–water partition coefficient (Wildman–Crippen LogP) is 6.04. The average Bonchev–Trinajstić information content (AvgIpc) is 3.33. The molecule has 0 aliphatic carbocycles. The highest BCUT2D eigenvalue weighted by molar-refractivity contribution is 6.30. The number of hydrogen-bond acceptors (Lipinski definition) is 9. The fraction of sp³-hybridized carbons (Fsp3) is 0.382. The smallest absolute Gasteiger partial charge is 0.213 e. The first kappa shape index (κ1) is 43.5. The van der Waals surface area contributed by atoms with Crippen LogP contribution in [0.3, 0.4) is 0 Å². The quantitative estimate of drug-likeness (QED) is 0.143. The number of terminal acetylenes is 1. The van der Waals surface area contributed by atoms with E-state index in [4.69, 9.17) is 26.5 Å². The summed E-state index contributed by atoms with van der Waals surface area (Å²) in [6.45, 7) is 11.2. The Morgan fingerprint density at radius 1 is 1.20 bits per heavy atom. The van der Waals surface area contributed by atoms with E-state index in [0.29, 0.717) is 45.7 Å². The number of rotatable bonds is 11. The SMILES string of the molecule is C#CC.C/C=C(C)\C=C/C(C)C=O.CN(C)CCCN(C)C=O.COc1ccc2oc(C)c(N)c2n1.O=CNc1ccc(Cl)cn1. The van der Waals surface area contributed by atoms with Crippen LogP contribution in [0.25, 0.3) is 11.1 Å². The molecule has 2 amide bonds. The zero-order chi connectivity index (χ0) is 35.5. The summed E-state index contributed by atoms with van der Waals surface area (Å²) in [5.41, 5.74) is 8.87. The van der Waals surface area contributed by atoms with Gasteiger partial charge < -0.3 is 34.8 Å². The highest BCUT2D eigenvalue weighted by atomic mass is 35.5. The van der Waals surface area contributed by atoms with Gasteiger partial charge in [-0.25, -0.2) is 9.97 Å². The summed E-state index contributed by atoms with van der Waals surface area (Å²) in [5.74, 6) is 4.02. The maximum absolute atomic E-state index is 10.1. The molecule has 3 aromatic rings. The number of aryl methyl sites for hydroxylation is 1. The molecule has 11 nitrogen and oxygen atoms in total. The van der Waals surface area contributed by atoms with Gasteiger partial charge in [0.15, 0.2) is 5.58 Å². The number of carbonyl (C=O) groups is 3. The van der Waals surface area contributed by atoms with Crippen molar-refractivity contribution in [2.45, 2.75) is 41.0 Å². The van der Waals surface area contributed by atoms with Crippen molar-refractivity contribution in [2.75, 3.05) is 52.4 Å². The molecule has 1 unspecified atom stereocenters. The van der Waals surface area contributed by atoms with Crippen LogP contribution in [0, 0.1) is 25.2 Å². The zero-order valence-electron chi connectivity index (χ0n) is 28.4. The fourth-order valence-corrected chi connectivity index (χ4v) is 2.97. The van der Waals surface area contributed by atoms with Gasteiger partial charge in [0, 0.05) is 31.8 Å². The van der Waals surface area contributed by atoms with Crippen LogP contribution < -0.4 is 15.8 Å². The number of carbonyl (C=O) groups excluding carboxylic acids is 3. The molecule has 0 spiro atoms. The number of nitrogens with one attached hydrogen (secondary N) is 1.